The van der Waals surface area contributed by atoms with Gasteiger partial charge < -0.3 is 0 Å². The Bertz CT molecular complexity index is 142. The third-order valence-corrected chi connectivity index (χ3v) is 1.81. The van der Waals surface area contributed by atoms with Gasteiger partial charge in [-0.25, -0.2) is 13.1 Å². The van der Waals surface area contributed by atoms with Gasteiger partial charge in [0.05, 0.1) is 12.1 Å². The minimum atomic E-state index is -3.04. The topological polar surface area (TPSA) is 46.2 Å². The summed E-state index contributed by atoms with van der Waals surface area (Å²) in [6, 6.07) is 0. The predicted molar refractivity (Wildman–Crippen MR) is 36.3 cm³/mol. The summed E-state index contributed by atoms with van der Waals surface area (Å²) in [6.07, 6.45) is 1.08. The average molecular weight is 176 g/mol. The lowest BCUT2D eigenvalue weighted by Gasteiger charge is -1.93. The van der Waals surface area contributed by atoms with E-state index in [0.29, 0.717) is 0 Å². The smallest absolute Gasteiger partial charge is 0.209 e. The second kappa shape index (κ2) is 3.55. The zero-order valence-corrected chi connectivity index (χ0v) is 6.61. The largest absolute Gasteiger partial charge is 0.213 e. The lowest BCUT2D eigenvalue weighted by molar-refractivity contribution is 0.593. The van der Waals surface area contributed by atoms with Crippen molar-refractivity contribution in [1.29, 1.82) is 0 Å². The molecule has 0 radical (unpaired) electrons. The van der Waals surface area contributed by atoms with Gasteiger partial charge in [-0.1, -0.05) is 0 Å². The third-order valence-electron chi connectivity index (χ3n) is 0.376. The minimum absolute atomic E-state index is 0.223. The molecule has 0 saturated heterocycles. The molecular weight excluding hydrogens is 170 g/mol. The first kappa shape index (κ1) is 8.55. The summed E-state index contributed by atoms with van der Waals surface area (Å²) in [5.41, 5.74) is 0. The first-order chi connectivity index (χ1) is 3.56. The molecule has 0 bridgehead atoms. The second-order valence-electron chi connectivity index (χ2n) is 1.17. The Morgan fingerprint density at radius 2 is 2.25 bits per heavy atom. The predicted octanol–water partition coefficient (Wildman–Crippen LogP) is 0.380. The molecule has 0 aromatic rings. The van der Waals surface area contributed by atoms with Gasteiger partial charge in [0, 0.05) is 0 Å². The molecule has 1 N–H and O–H groups in total. The highest BCUT2D eigenvalue weighted by atomic mass is 35.7. The van der Waals surface area contributed by atoms with E-state index in [4.69, 9.17) is 10.7 Å². The Balaban J connectivity index is 3.42. The Hall–Kier alpha value is 0.550. The van der Waals surface area contributed by atoms with E-state index in [2.05, 4.69) is 4.72 Å². The van der Waals surface area contributed by atoms with Crippen LogP contribution in [0.2, 0.25) is 0 Å². The highest BCUT2D eigenvalue weighted by Gasteiger charge is 1.95. The molecule has 0 amide bonds. The van der Waals surface area contributed by atoms with Crippen molar-refractivity contribution >= 4 is 31.7 Å². The lowest BCUT2D eigenvalue weighted by Crippen LogP contribution is -2.20. The first-order valence-electron chi connectivity index (χ1n) is 1.74. The molecule has 0 rings (SSSR count). The van der Waals surface area contributed by atoms with Crippen molar-refractivity contribution in [3.63, 3.8) is 0 Å². The van der Waals surface area contributed by atoms with Crippen LogP contribution in [0.1, 0.15) is 0 Å². The summed E-state index contributed by atoms with van der Waals surface area (Å²) in [5, 5.41) is 0. The van der Waals surface area contributed by atoms with Crippen LogP contribution in [0.25, 0.3) is 0 Å². The van der Waals surface area contributed by atoms with E-state index in [1.54, 1.807) is 0 Å². The summed E-state index contributed by atoms with van der Waals surface area (Å²) < 4.78 is 22.6. The normalized spacial score (nSPS) is 11.8. The van der Waals surface area contributed by atoms with Crippen molar-refractivity contribution in [2.75, 3.05) is 12.1 Å². The van der Waals surface area contributed by atoms with Gasteiger partial charge in [0.2, 0.25) is 10.0 Å². The van der Waals surface area contributed by atoms with Gasteiger partial charge in [-0.2, -0.15) is 0 Å². The molecule has 0 aromatic carbocycles. The van der Waals surface area contributed by atoms with E-state index >= 15 is 0 Å². The highest BCUT2D eigenvalue weighted by molar-refractivity contribution is 8.21. The Morgan fingerprint density at radius 1 is 1.75 bits per heavy atom. The van der Waals surface area contributed by atoms with Crippen LogP contribution < -0.4 is 4.72 Å². The molecule has 0 atom stereocenters. The summed E-state index contributed by atoms with van der Waals surface area (Å²) >= 11 is 0. The SMILES string of the molecule is CS(=O)(=O)NCSCl. The summed E-state index contributed by atoms with van der Waals surface area (Å²) in [7, 11) is 2.97. The van der Waals surface area contributed by atoms with Crippen LogP contribution >= 0.6 is 21.7 Å². The maximum atomic E-state index is 10.2. The van der Waals surface area contributed by atoms with E-state index in [9.17, 15) is 8.42 Å². The lowest BCUT2D eigenvalue weighted by atomic mass is 11.5. The van der Waals surface area contributed by atoms with Crippen molar-refractivity contribution in [2.24, 2.45) is 0 Å². The number of rotatable bonds is 3. The van der Waals surface area contributed by atoms with Gasteiger partial charge in [-0.3, -0.25) is 0 Å². The van der Waals surface area contributed by atoms with Crippen molar-refractivity contribution in [2.45, 2.75) is 0 Å². The van der Waals surface area contributed by atoms with Gasteiger partial charge >= 0.3 is 0 Å². The van der Waals surface area contributed by atoms with Crippen molar-refractivity contribution in [1.82, 2.24) is 4.72 Å². The average Bonchev–Trinajstić information content (AvgIpc) is 1.59. The van der Waals surface area contributed by atoms with E-state index in [1.807, 2.05) is 0 Å². The number of hydrogen-bond donors (Lipinski definition) is 1. The first-order valence-corrected chi connectivity index (χ1v) is 5.45. The third kappa shape index (κ3) is 6.55. The molecule has 8 heavy (non-hydrogen) atoms. The maximum Gasteiger partial charge on any atom is 0.209 e. The number of nitrogens with one attached hydrogen (secondary N) is 1. The molecule has 0 spiro atoms. The maximum absolute atomic E-state index is 10.2. The molecule has 0 saturated carbocycles. The van der Waals surface area contributed by atoms with Crippen LogP contribution in [0.5, 0.6) is 0 Å². The van der Waals surface area contributed by atoms with Crippen molar-refractivity contribution < 1.29 is 8.42 Å². The zero-order valence-electron chi connectivity index (χ0n) is 4.22. The Labute approximate surface area is 57.3 Å². The number of halogens is 1. The molecule has 50 valence electrons. The quantitative estimate of drug-likeness (QED) is 0.631. The molecule has 0 aliphatic carbocycles. The minimum Gasteiger partial charge on any atom is -0.213 e. The van der Waals surface area contributed by atoms with Gasteiger partial charge in [-0.15, -0.1) is 0 Å². The summed E-state index contributed by atoms with van der Waals surface area (Å²) in [4.78, 5) is 0. The number of sulfonamides is 1. The highest BCUT2D eigenvalue weighted by Crippen LogP contribution is 2.01. The van der Waals surface area contributed by atoms with Crippen LogP contribution in [0.3, 0.4) is 0 Å². The second-order valence-corrected chi connectivity index (χ2v) is 4.16. The van der Waals surface area contributed by atoms with Gasteiger partial charge in [0.1, 0.15) is 0 Å². The fraction of sp³-hybridized carbons (Fsp3) is 1.00. The Morgan fingerprint density at radius 3 is 2.38 bits per heavy atom. The summed E-state index contributed by atoms with van der Waals surface area (Å²) in [6.45, 7) is 0. The standard InChI is InChI=1S/C2H6ClNO2S2/c1-8(5,6)4-2-7-3/h4H,2H2,1H3. The van der Waals surface area contributed by atoms with E-state index in [1.165, 1.54) is 0 Å². The summed E-state index contributed by atoms with van der Waals surface area (Å²) in [5.74, 6) is 0.223. The van der Waals surface area contributed by atoms with Crippen LogP contribution in [0.4, 0.5) is 0 Å². The molecule has 0 fully saturated rings. The zero-order chi connectivity index (χ0) is 6.62. The van der Waals surface area contributed by atoms with Crippen LogP contribution in [0, 0.1) is 0 Å². The molecule has 3 nitrogen and oxygen atoms in total. The van der Waals surface area contributed by atoms with Crippen LogP contribution in [-0.4, -0.2) is 20.6 Å². The van der Waals surface area contributed by atoms with E-state index in [0.717, 1.165) is 17.2 Å². The van der Waals surface area contributed by atoms with Crippen LogP contribution in [0.15, 0.2) is 0 Å². The van der Waals surface area contributed by atoms with E-state index in [-0.39, 0.29) is 5.88 Å². The fourth-order valence-corrected chi connectivity index (χ4v) is 1.56. The van der Waals surface area contributed by atoms with E-state index < -0.39 is 10.0 Å². The van der Waals surface area contributed by atoms with Crippen molar-refractivity contribution in [3.8, 4) is 0 Å². The molecule has 0 heterocycles. The molecular formula is C2H6ClNO2S2. The van der Waals surface area contributed by atoms with Crippen LogP contribution in [-0.2, 0) is 10.0 Å². The monoisotopic (exact) mass is 175 g/mol. The van der Waals surface area contributed by atoms with Gasteiger partial charge in [0.25, 0.3) is 0 Å². The van der Waals surface area contributed by atoms with Crippen molar-refractivity contribution in [3.05, 3.63) is 0 Å². The molecule has 6 heteroatoms. The van der Waals surface area contributed by atoms with Gasteiger partial charge in [0.15, 0.2) is 0 Å². The van der Waals surface area contributed by atoms with Gasteiger partial charge in [-0.05, 0) is 21.7 Å². The molecule has 0 aliphatic heterocycles. The number of hydrogen-bond acceptors (Lipinski definition) is 3. The fourth-order valence-electron chi connectivity index (χ4n) is 0.129. The molecule has 0 aromatic heterocycles. The Kier molecular flexibility index (Phi) is 3.80. The molecule has 0 aliphatic rings. The molecule has 0 unspecified atom stereocenters.